The minimum Gasteiger partial charge on any atom is -0.377 e. The molecule has 13 heavy (non-hydrogen) atoms. The Balaban J connectivity index is 0. The van der Waals surface area contributed by atoms with E-state index in [0.717, 1.165) is 19.5 Å². The van der Waals surface area contributed by atoms with Gasteiger partial charge in [0.2, 0.25) is 0 Å². The molecule has 0 aromatic heterocycles. The maximum absolute atomic E-state index is 5.24. The van der Waals surface area contributed by atoms with Crippen molar-refractivity contribution in [2.24, 2.45) is 0 Å². The Bertz CT molecular complexity index is 88.1. The van der Waals surface area contributed by atoms with E-state index in [4.69, 9.17) is 4.74 Å². The zero-order chi connectivity index (χ0) is 10.7. The van der Waals surface area contributed by atoms with E-state index in [-0.39, 0.29) is 5.60 Å². The van der Waals surface area contributed by atoms with Gasteiger partial charge in [-0.1, -0.05) is 34.1 Å². The molecule has 0 spiro atoms. The fourth-order valence-electron chi connectivity index (χ4n) is 0.968. The van der Waals surface area contributed by atoms with Gasteiger partial charge in [0, 0.05) is 13.7 Å². The molecular weight excluding hydrogens is 162 g/mol. The molecule has 0 aliphatic carbocycles. The lowest BCUT2D eigenvalue weighted by Gasteiger charge is -2.19. The molecule has 2 nitrogen and oxygen atoms in total. The van der Waals surface area contributed by atoms with E-state index in [0.29, 0.717) is 0 Å². The molecule has 0 bridgehead atoms. The third-order valence-electron chi connectivity index (χ3n) is 1.82. The number of rotatable bonds is 1. The predicted molar refractivity (Wildman–Crippen MR) is 60.2 cm³/mol. The Labute approximate surface area is 84.1 Å². The Morgan fingerprint density at radius 1 is 1.31 bits per heavy atom. The van der Waals surface area contributed by atoms with Crippen LogP contribution in [0.2, 0.25) is 0 Å². The quantitative estimate of drug-likeness (QED) is 0.685. The van der Waals surface area contributed by atoms with Gasteiger partial charge in [0.25, 0.3) is 0 Å². The van der Waals surface area contributed by atoms with Gasteiger partial charge in [-0.3, -0.25) is 0 Å². The standard InChI is InChI=1S/C6H13NO.C3H8.C2H6/c1-6(8-2)3-4-7-5-6;1-3-2;1-2/h7H,3-5H2,1-2H3;3H2,1-2H3;1-2H3. The minimum absolute atomic E-state index is 0.125. The molecule has 1 aliphatic heterocycles. The van der Waals surface area contributed by atoms with E-state index in [2.05, 4.69) is 26.1 Å². The maximum Gasteiger partial charge on any atom is 0.0786 e. The van der Waals surface area contributed by atoms with Crippen LogP contribution in [-0.2, 0) is 4.74 Å². The topological polar surface area (TPSA) is 21.3 Å². The van der Waals surface area contributed by atoms with Crippen molar-refractivity contribution in [1.29, 1.82) is 0 Å². The summed E-state index contributed by atoms with van der Waals surface area (Å²) >= 11 is 0. The van der Waals surface area contributed by atoms with Crippen molar-refractivity contribution in [3.05, 3.63) is 0 Å². The molecule has 1 N–H and O–H groups in total. The first kappa shape index (κ1) is 15.4. The molecule has 0 aromatic rings. The second-order valence-electron chi connectivity index (χ2n) is 3.29. The summed E-state index contributed by atoms with van der Waals surface area (Å²) in [6, 6.07) is 0. The molecule has 0 amide bonds. The normalized spacial score (nSPS) is 25.4. The molecule has 1 atom stereocenters. The number of methoxy groups -OCH3 is 1. The maximum atomic E-state index is 5.24. The second kappa shape index (κ2) is 10.0. The van der Waals surface area contributed by atoms with Crippen LogP contribution in [0.5, 0.6) is 0 Å². The van der Waals surface area contributed by atoms with Gasteiger partial charge in [0.05, 0.1) is 5.60 Å². The summed E-state index contributed by atoms with van der Waals surface area (Å²) < 4.78 is 5.24. The molecule has 2 heteroatoms. The first-order valence-corrected chi connectivity index (χ1v) is 5.44. The predicted octanol–water partition coefficient (Wildman–Crippen LogP) is 2.83. The summed E-state index contributed by atoms with van der Waals surface area (Å²) in [5.74, 6) is 0. The third kappa shape index (κ3) is 8.26. The number of nitrogens with one attached hydrogen (secondary N) is 1. The smallest absolute Gasteiger partial charge is 0.0786 e. The van der Waals surface area contributed by atoms with Crippen LogP contribution in [0.25, 0.3) is 0 Å². The summed E-state index contributed by atoms with van der Waals surface area (Å²) in [5.41, 5.74) is 0.125. The summed E-state index contributed by atoms with van der Waals surface area (Å²) in [6.45, 7) is 12.5. The Morgan fingerprint density at radius 3 is 1.92 bits per heavy atom. The van der Waals surface area contributed by atoms with Crippen LogP contribution in [0.4, 0.5) is 0 Å². The number of ether oxygens (including phenoxy) is 1. The van der Waals surface area contributed by atoms with Gasteiger partial charge in [0.1, 0.15) is 0 Å². The molecule has 1 unspecified atom stereocenters. The average Bonchev–Trinajstić information content (AvgIpc) is 2.58. The molecule has 1 aliphatic rings. The molecule has 0 aromatic carbocycles. The first-order chi connectivity index (χ1) is 6.18. The van der Waals surface area contributed by atoms with Gasteiger partial charge in [-0.15, -0.1) is 0 Å². The second-order valence-corrected chi connectivity index (χ2v) is 3.29. The zero-order valence-electron chi connectivity index (χ0n) is 10.2. The van der Waals surface area contributed by atoms with Crippen molar-refractivity contribution in [2.75, 3.05) is 20.2 Å². The molecular formula is C11H27NO. The summed E-state index contributed by atoms with van der Waals surface area (Å²) in [5, 5.41) is 3.24. The Hall–Kier alpha value is -0.0800. The fraction of sp³-hybridized carbons (Fsp3) is 1.00. The van der Waals surface area contributed by atoms with Crippen LogP contribution in [0.3, 0.4) is 0 Å². The fourth-order valence-corrected chi connectivity index (χ4v) is 0.968. The zero-order valence-corrected chi connectivity index (χ0v) is 10.2. The van der Waals surface area contributed by atoms with Gasteiger partial charge >= 0.3 is 0 Å². The van der Waals surface area contributed by atoms with Crippen LogP contribution in [-0.4, -0.2) is 25.8 Å². The van der Waals surface area contributed by atoms with Crippen LogP contribution in [0, 0.1) is 0 Å². The average molecular weight is 189 g/mol. The van der Waals surface area contributed by atoms with Crippen molar-refractivity contribution < 1.29 is 4.74 Å². The van der Waals surface area contributed by atoms with E-state index < -0.39 is 0 Å². The van der Waals surface area contributed by atoms with Gasteiger partial charge in [-0.25, -0.2) is 0 Å². The highest BCUT2D eigenvalue weighted by molar-refractivity contribution is 4.84. The first-order valence-electron chi connectivity index (χ1n) is 5.44. The van der Waals surface area contributed by atoms with Crippen molar-refractivity contribution in [2.45, 2.75) is 53.1 Å². The van der Waals surface area contributed by atoms with Crippen LogP contribution in [0.15, 0.2) is 0 Å². The lowest BCUT2D eigenvalue weighted by atomic mass is 10.1. The molecule has 82 valence electrons. The number of hydrogen-bond donors (Lipinski definition) is 1. The molecule has 1 heterocycles. The van der Waals surface area contributed by atoms with E-state index in [9.17, 15) is 0 Å². The lowest BCUT2D eigenvalue weighted by Crippen LogP contribution is -2.29. The third-order valence-corrected chi connectivity index (χ3v) is 1.82. The van der Waals surface area contributed by atoms with Crippen LogP contribution in [0.1, 0.15) is 47.5 Å². The minimum atomic E-state index is 0.125. The lowest BCUT2D eigenvalue weighted by molar-refractivity contribution is 0.0242. The largest absolute Gasteiger partial charge is 0.377 e. The van der Waals surface area contributed by atoms with E-state index >= 15 is 0 Å². The summed E-state index contributed by atoms with van der Waals surface area (Å²) in [4.78, 5) is 0. The van der Waals surface area contributed by atoms with E-state index in [1.807, 2.05) is 13.8 Å². The van der Waals surface area contributed by atoms with E-state index in [1.54, 1.807) is 7.11 Å². The van der Waals surface area contributed by atoms with E-state index in [1.165, 1.54) is 6.42 Å². The van der Waals surface area contributed by atoms with Crippen molar-refractivity contribution in [3.8, 4) is 0 Å². The monoisotopic (exact) mass is 189 g/mol. The molecule has 1 rings (SSSR count). The molecule has 1 saturated heterocycles. The molecule has 1 fully saturated rings. The number of hydrogen-bond acceptors (Lipinski definition) is 2. The highest BCUT2D eigenvalue weighted by atomic mass is 16.5. The highest BCUT2D eigenvalue weighted by Gasteiger charge is 2.27. The Morgan fingerprint density at radius 2 is 1.77 bits per heavy atom. The summed E-state index contributed by atoms with van der Waals surface area (Å²) in [7, 11) is 1.77. The van der Waals surface area contributed by atoms with Gasteiger partial charge in [-0.2, -0.15) is 0 Å². The Kier molecular flexibility index (Phi) is 11.8. The molecule has 0 radical (unpaired) electrons. The summed E-state index contributed by atoms with van der Waals surface area (Å²) in [6.07, 6.45) is 2.39. The SMILES string of the molecule is CC.CCC.COC1(C)CCNC1. The van der Waals surface area contributed by atoms with Gasteiger partial charge < -0.3 is 10.1 Å². The van der Waals surface area contributed by atoms with Crippen molar-refractivity contribution in [3.63, 3.8) is 0 Å². The van der Waals surface area contributed by atoms with Crippen molar-refractivity contribution in [1.82, 2.24) is 5.32 Å². The van der Waals surface area contributed by atoms with Crippen LogP contribution < -0.4 is 5.32 Å². The van der Waals surface area contributed by atoms with Gasteiger partial charge in [-0.05, 0) is 19.9 Å². The van der Waals surface area contributed by atoms with Crippen molar-refractivity contribution >= 4 is 0 Å². The highest BCUT2D eigenvalue weighted by Crippen LogP contribution is 2.16. The van der Waals surface area contributed by atoms with Gasteiger partial charge in [0.15, 0.2) is 0 Å². The molecule has 0 saturated carbocycles. The van der Waals surface area contributed by atoms with Crippen LogP contribution >= 0.6 is 0 Å².